The molecule has 0 aliphatic heterocycles. The maximum absolute atomic E-state index is 11.2. The van der Waals surface area contributed by atoms with Gasteiger partial charge < -0.3 is 37.9 Å². The van der Waals surface area contributed by atoms with Gasteiger partial charge in [0.05, 0.1) is 53.8 Å². The van der Waals surface area contributed by atoms with Crippen molar-refractivity contribution in [3.8, 4) is 23.0 Å². The normalized spacial score (nSPS) is 9.49. The van der Waals surface area contributed by atoms with Gasteiger partial charge >= 0.3 is 114 Å². The van der Waals surface area contributed by atoms with E-state index in [1.807, 2.05) is 47.2 Å². The molecule has 0 saturated heterocycles. The molecule has 4 aromatic carbocycles. The van der Waals surface area contributed by atoms with Crippen molar-refractivity contribution in [1.82, 2.24) is 0 Å². The van der Waals surface area contributed by atoms with E-state index in [9.17, 15) is 4.79 Å². The molecule has 0 aliphatic carbocycles. The van der Waals surface area contributed by atoms with Crippen molar-refractivity contribution in [2.45, 2.75) is 78.2 Å². The fraction of sp³-hybridized carbons (Fsp3) is 0.314. The fourth-order valence-electron chi connectivity index (χ4n) is 5.44. The molecule has 0 bridgehead atoms. The van der Waals surface area contributed by atoms with Gasteiger partial charge in [0, 0.05) is 15.4 Å². The van der Waals surface area contributed by atoms with Crippen LogP contribution in [0.15, 0.2) is 94.3 Å². The third-order valence-corrected chi connectivity index (χ3v) is 12.0. The Hall–Kier alpha value is 1.39. The molecule has 0 saturated carbocycles. The topological polar surface area (TPSA) is 74.2 Å². The van der Waals surface area contributed by atoms with E-state index in [1.54, 1.807) is 101 Å². The number of Topliss-reactive ketones (excluding diaryl/α,β-unsaturated/α-hetero) is 1. The first kappa shape index (κ1) is 73.5. The van der Waals surface area contributed by atoms with E-state index in [4.69, 9.17) is 35.7 Å². The zero-order valence-electron chi connectivity index (χ0n) is 41.5. The van der Waals surface area contributed by atoms with Gasteiger partial charge in [-0.25, -0.2) is 0 Å². The molecule has 0 unspecified atom stereocenters. The van der Waals surface area contributed by atoms with E-state index < -0.39 is 0 Å². The summed E-state index contributed by atoms with van der Waals surface area (Å²) in [5, 5.41) is 21.9. The molecule has 8 aromatic rings. The first-order chi connectivity index (χ1) is 33.5. The minimum absolute atomic E-state index is 0.0577. The van der Waals surface area contributed by atoms with Gasteiger partial charge in [-0.15, -0.1) is 56.9 Å². The van der Waals surface area contributed by atoms with Crippen LogP contribution in [-0.2, 0) is 26.9 Å². The summed E-state index contributed by atoms with van der Waals surface area (Å²) in [6.45, 7) is 22.3. The predicted octanol–water partition coefficient (Wildman–Crippen LogP) is 21.7. The summed E-state index contributed by atoms with van der Waals surface area (Å²) in [5.74, 6) is 4.13. The Morgan fingerprint density at radius 2 is 0.929 bits per heavy atom. The Morgan fingerprint density at radius 3 is 1.24 bits per heavy atom. The molecule has 0 fully saturated rings. The van der Waals surface area contributed by atoms with Crippen LogP contribution in [0.3, 0.4) is 0 Å². The molecular formula is C51H64ClI6O6S4V2-2. The van der Waals surface area contributed by atoms with Gasteiger partial charge in [0.25, 0.3) is 0 Å². The van der Waals surface area contributed by atoms with Gasteiger partial charge in [0.2, 0.25) is 0 Å². The van der Waals surface area contributed by atoms with Gasteiger partial charge in [-0.3, -0.25) is 4.79 Å². The summed E-state index contributed by atoms with van der Waals surface area (Å²) >= 11 is 26.9. The molecule has 0 atom stereocenters. The number of ether oxygens (including phenoxy) is 4. The van der Waals surface area contributed by atoms with E-state index in [0.717, 1.165) is 58.2 Å². The van der Waals surface area contributed by atoms with Crippen LogP contribution < -0.4 is 18.9 Å². The van der Waals surface area contributed by atoms with Crippen LogP contribution in [-0.4, -0.2) is 43.3 Å². The van der Waals surface area contributed by atoms with Gasteiger partial charge in [-0.2, -0.15) is 13.8 Å². The molecule has 1 N–H and O–H groups in total. The number of halogens is 7. The first-order valence-corrected chi connectivity index (χ1v) is 48.9. The molecule has 389 valence electrons. The van der Waals surface area contributed by atoms with Crippen LogP contribution in [0, 0.1) is 20.8 Å². The van der Waals surface area contributed by atoms with E-state index in [0.29, 0.717) is 20.9 Å². The molecule has 4 heterocycles. The Bertz CT molecular complexity index is 2490. The zero-order chi connectivity index (χ0) is 53.8. The number of thiophene rings is 4. The SMILES string of the molecule is CC(C)I.CCC.COc1cc(C(C)=O)cc2ccsc12.COc1cc(C)cc2ccsc12.COc1cc(CCl)cc2ccsc12.COc1cc(CO)cc2ccsc12.[CH2-]C.[CH2-]C.[I][V]([I])[I].[I][V][I]. The maximum atomic E-state index is 11.2. The zero-order valence-corrected chi connectivity index (χ0v) is 61.3. The number of aliphatic hydroxyl groups excluding tert-OH is 1. The Labute approximate surface area is 520 Å². The Balaban J connectivity index is 0. The monoisotopic (exact) mass is 1800 g/mol. The van der Waals surface area contributed by atoms with Gasteiger partial charge in [0.1, 0.15) is 23.0 Å². The average molecular weight is 1800 g/mol. The van der Waals surface area contributed by atoms with Crippen LogP contribution in [0.5, 0.6) is 23.0 Å². The van der Waals surface area contributed by atoms with Crippen molar-refractivity contribution < 1.29 is 43.2 Å². The van der Waals surface area contributed by atoms with Crippen LogP contribution in [0.2, 0.25) is 0 Å². The third-order valence-electron chi connectivity index (χ3n) is 7.96. The molecule has 0 radical (unpaired) electrons. The van der Waals surface area contributed by atoms with Crippen LogP contribution >= 0.6 is 179 Å². The van der Waals surface area contributed by atoms with Crippen LogP contribution in [0.1, 0.15) is 81.9 Å². The second kappa shape index (κ2) is 45.4. The van der Waals surface area contributed by atoms with Crippen molar-refractivity contribution in [2.75, 3.05) is 28.4 Å². The quantitative estimate of drug-likeness (QED) is 0.0742. The van der Waals surface area contributed by atoms with Gasteiger partial charge in [-0.1, -0.05) is 62.8 Å². The molecule has 19 heteroatoms. The number of methoxy groups -OCH3 is 4. The predicted molar refractivity (Wildman–Crippen MR) is 361 cm³/mol. The standard InChI is InChI=1S/C11H10O2S.C10H9ClOS.C10H10O2S.C10H10OS.C3H7I.C3H8.2C2H5.5HI.2V/c1-7(12)9-5-8-3-4-14-11(8)10(6-9)13-2;2*1-12-9-5-7(6-11)4-8-2-3-13-10(8)9;1-7-5-8-3-4-12-10(8)9(6-7)11-2;1-3(2)4;1-3-2;2*1-2;;;;;;;/h3-6H,1-2H3;2-5H,6H2,1H3;2-5,11H,6H2,1H3;3-6H,1-2H3;3H,1-2H3;3H2,1-2H3;2*1H2,2H3;5*1H;;/q;;;;;;2*-1;;;;;;+2;+3/p-5. The van der Waals surface area contributed by atoms with E-state index in [1.165, 1.54) is 32.2 Å². The molecule has 0 aliphatic rings. The number of rotatable bonds is 7. The number of aliphatic hydroxyl groups is 1. The third kappa shape index (κ3) is 29.2. The number of ketones is 1. The summed E-state index contributed by atoms with van der Waals surface area (Å²) in [6.07, 6.45) is 1.25. The molecule has 8 rings (SSSR count). The molecule has 6 nitrogen and oxygen atoms in total. The number of hydrogen-bond donors (Lipinski definition) is 1. The van der Waals surface area contributed by atoms with E-state index in [-0.39, 0.29) is 17.3 Å². The molecule has 0 amide bonds. The first-order valence-electron chi connectivity index (χ1n) is 21.1. The number of carbonyl (C=O) groups excluding carboxylic acids is 1. The van der Waals surface area contributed by atoms with Crippen molar-refractivity contribution in [2.24, 2.45) is 0 Å². The molecule has 4 aromatic heterocycles. The van der Waals surface area contributed by atoms with Gasteiger partial charge in [-0.05, 0) is 140 Å². The summed E-state index contributed by atoms with van der Waals surface area (Å²) in [6, 6.07) is 24.1. The van der Waals surface area contributed by atoms with E-state index in [2.05, 4.69) is 212 Å². The van der Waals surface area contributed by atoms with E-state index >= 15 is 0 Å². The van der Waals surface area contributed by atoms with Crippen molar-refractivity contribution in [3.05, 3.63) is 130 Å². The number of benzene rings is 4. The fourth-order valence-corrected chi connectivity index (χ4v) is 9.08. The van der Waals surface area contributed by atoms with Crippen LogP contribution in [0.4, 0.5) is 0 Å². The molecule has 0 spiro atoms. The summed E-state index contributed by atoms with van der Waals surface area (Å²) in [4.78, 5) is 10.9. The van der Waals surface area contributed by atoms with Gasteiger partial charge in [0.15, 0.2) is 5.78 Å². The number of carbonyl (C=O) groups is 1. The number of alkyl halides is 2. The molecule has 70 heavy (non-hydrogen) atoms. The number of hydrogen-bond acceptors (Lipinski definition) is 10. The Kier molecular flexibility index (Phi) is 47.7. The second-order valence-electron chi connectivity index (χ2n) is 13.4. The Morgan fingerprint density at radius 1 is 0.643 bits per heavy atom. The van der Waals surface area contributed by atoms with Crippen molar-refractivity contribution in [3.63, 3.8) is 0 Å². The number of aryl methyl sites for hydroxylation is 1. The summed E-state index contributed by atoms with van der Waals surface area (Å²) < 4.78 is 26.5. The molecular weight excluding hydrogens is 1740 g/mol. The average Bonchev–Trinajstić information content (AvgIpc) is 4.20. The van der Waals surface area contributed by atoms with Crippen molar-refractivity contribution in [1.29, 1.82) is 0 Å². The minimum atomic E-state index is -0.278. The summed E-state index contributed by atoms with van der Waals surface area (Å²) in [5.41, 5.74) is 3.94. The summed E-state index contributed by atoms with van der Waals surface area (Å²) in [7, 11) is 7.30. The van der Waals surface area contributed by atoms with Crippen molar-refractivity contribution >= 4 is 226 Å². The second-order valence-corrected chi connectivity index (χ2v) is 67.0. The van der Waals surface area contributed by atoms with Crippen LogP contribution in [0.25, 0.3) is 40.3 Å². The number of fused-ring (bicyclic) bond motifs is 4.